The van der Waals surface area contributed by atoms with Crippen LogP contribution >= 0.6 is 0 Å². The van der Waals surface area contributed by atoms with Crippen molar-refractivity contribution in [1.82, 2.24) is 9.55 Å². The third kappa shape index (κ3) is 2.29. The summed E-state index contributed by atoms with van der Waals surface area (Å²) in [6.07, 6.45) is 2.10. The molecule has 2 aromatic rings. The second kappa shape index (κ2) is 4.91. The number of rotatable bonds is 2. The summed E-state index contributed by atoms with van der Waals surface area (Å²) < 4.78 is 30.6. The number of halogens is 2. The van der Waals surface area contributed by atoms with Crippen molar-refractivity contribution in [1.29, 1.82) is 5.26 Å². The molecule has 1 atom stereocenters. The van der Waals surface area contributed by atoms with E-state index in [1.807, 2.05) is 0 Å². The van der Waals surface area contributed by atoms with E-state index >= 15 is 0 Å². The van der Waals surface area contributed by atoms with Crippen LogP contribution in [0.5, 0.6) is 0 Å². The number of nitrogens with zero attached hydrogens (tertiary/aromatic N) is 3. The molecule has 1 saturated carbocycles. The highest BCUT2D eigenvalue weighted by Gasteiger charge is 2.52. The maximum absolute atomic E-state index is 14.4. The molecule has 1 aliphatic rings. The summed E-state index contributed by atoms with van der Waals surface area (Å²) in [6, 6.07) is 7.18. The van der Waals surface area contributed by atoms with Crippen LogP contribution in [0.3, 0.4) is 0 Å². The molecule has 1 fully saturated rings. The number of alkyl halides is 2. The van der Waals surface area contributed by atoms with Crippen LogP contribution in [0.25, 0.3) is 11.0 Å². The Kier molecular flexibility index (Phi) is 3.28. The van der Waals surface area contributed by atoms with Crippen molar-refractivity contribution >= 4 is 11.0 Å². The SMILES string of the molecule is C=C1CCC(F)(F)C(C)(Cn2cnc3ccc(C#N)cc32)C1. The van der Waals surface area contributed by atoms with Crippen molar-refractivity contribution in [2.45, 2.75) is 38.7 Å². The first-order chi connectivity index (χ1) is 10.3. The molecule has 0 amide bonds. The third-order valence-corrected chi connectivity index (χ3v) is 4.59. The first kappa shape index (κ1) is 14.7. The third-order valence-electron chi connectivity index (χ3n) is 4.59. The predicted molar refractivity (Wildman–Crippen MR) is 80.5 cm³/mol. The zero-order valence-electron chi connectivity index (χ0n) is 12.4. The van der Waals surface area contributed by atoms with Crippen LogP contribution in [-0.4, -0.2) is 15.5 Å². The molecule has 1 unspecified atom stereocenters. The van der Waals surface area contributed by atoms with Crippen LogP contribution in [0.4, 0.5) is 8.78 Å². The van der Waals surface area contributed by atoms with E-state index < -0.39 is 11.3 Å². The van der Waals surface area contributed by atoms with Crippen molar-refractivity contribution in [3.05, 3.63) is 42.2 Å². The van der Waals surface area contributed by atoms with Gasteiger partial charge in [-0.25, -0.2) is 13.8 Å². The second-order valence-corrected chi connectivity index (χ2v) is 6.38. The minimum absolute atomic E-state index is 0.154. The van der Waals surface area contributed by atoms with Gasteiger partial charge in [0, 0.05) is 13.0 Å². The summed E-state index contributed by atoms with van der Waals surface area (Å²) in [5.41, 5.74) is 1.61. The maximum Gasteiger partial charge on any atom is 0.255 e. The molecule has 0 N–H and O–H groups in total. The van der Waals surface area contributed by atoms with E-state index in [1.54, 1.807) is 36.0 Å². The van der Waals surface area contributed by atoms with Crippen molar-refractivity contribution in [2.24, 2.45) is 5.41 Å². The molecule has 1 aliphatic carbocycles. The van der Waals surface area contributed by atoms with E-state index in [0.717, 1.165) is 5.57 Å². The van der Waals surface area contributed by atoms with Gasteiger partial charge in [-0.15, -0.1) is 0 Å². The zero-order chi connectivity index (χ0) is 16.0. The number of benzene rings is 1. The Morgan fingerprint density at radius 2 is 2.23 bits per heavy atom. The Morgan fingerprint density at radius 1 is 1.45 bits per heavy atom. The normalized spacial score (nSPS) is 24.4. The lowest BCUT2D eigenvalue weighted by Gasteiger charge is -2.42. The highest BCUT2D eigenvalue weighted by molar-refractivity contribution is 5.77. The standard InChI is InChI=1S/C17H17F2N3/c1-12-5-6-17(18,19)16(2,8-12)10-22-11-21-14-4-3-13(9-20)7-15(14)22/h3-4,7,11H,1,5-6,8,10H2,2H3. The van der Waals surface area contributed by atoms with Gasteiger partial charge in [-0.3, -0.25) is 0 Å². The fourth-order valence-corrected chi connectivity index (χ4v) is 3.20. The molecule has 0 saturated heterocycles. The summed E-state index contributed by atoms with van der Waals surface area (Å²) in [7, 11) is 0. The van der Waals surface area contributed by atoms with Crippen LogP contribution in [0, 0.1) is 16.7 Å². The van der Waals surface area contributed by atoms with Gasteiger partial charge in [0.25, 0.3) is 5.92 Å². The molecule has 1 aromatic carbocycles. The summed E-state index contributed by atoms with van der Waals surface area (Å²) >= 11 is 0. The molecular formula is C17H17F2N3. The summed E-state index contributed by atoms with van der Waals surface area (Å²) in [5.74, 6) is -2.74. The predicted octanol–water partition coefficient (Wildman–Crippen LogP) is 4.29. The summed E-state index contributed by atoms with van der Waals surface area (Å²) in [6.45, 7) is 5.66. The van der Waals surface area contributed by atoms with Crippen LogP contribution in [0.2, 0.25) is 0 Å². The Bertz CT molecular complexity index is 785. The zero-order valence-corrected chi connectivity index (χ0v) is 12.4. The van der Waals surface area contributed by atoms with Gasteiger partial charge in [-0.2, -0.15) is 5.26 Å². The highest BCUT2D eigenvalue weighted by Crippen LogP contribution is 2.50. The largest absolute Gasteiger partial charge is 0.330 e. The van der Waals surface area contributed by atoms with Gasteiger partial charge in [0.05, 0.1) is 34.4 Å². The van der Waals surface area contributed by atoms with Crippen molar-refractivity contribution in [3.63, 3.8) is 0 Å². The fraction of sp³-hybridized carbons (Fsp3) is 0.412. The Hall–Kier alpha value is -2.22. The smallest absolute Gasteiger partial charge is 0.255 e. The molecular weight excluding hydrogens is 284 g/mol. The van der Waals surface area contributed by atoms with Crippen molar-refractivity contribution in [2.75, 3.05) is 0 Å². The number of hydrogen-bond donors (Lipinski definition) is 0. The minimum Gasteiger partial charge on any atom is -0.330 e. The van der Waals surface area contributed by atoms with Gasteiger partial charge in [0.15, 0.2) is 0 Å². The Labute approximate surface area is 127 Å². The topological polar surface area (TPSA) is 41.6 Å². The molecule has 3 rings (SSSR count). The molecule has 0 spiro atoms. The lowest BCUT2D eigenvalue weighted by atomic mass is 9.70. The second-order valence-electron chi connectivity index (χ2n) is 6.38. The maximum atomic E-state index is 14.4. The molecule has 1 aromatic heterocycles. The van der Waals surface area contributed by atoms with E-state index in [9.17, 15) is 8.78 Å². The minimum atomic E-state index is -2.74. The number of nitriles is 1. The monoisotopic (exact) mass is 301 g/mol. The highest BCUT2D eigenvalue weighted by atomic mass is 19.3. The van der Waals surface area contributed by atoms with Crippen LogP contribution in [-0.2, 0) is 6.54 Å². The lowest BCUT2D eigenvalue weighted by Crippen LogP contribution is -2.45. The molecule has 114 valence electrons. The van der Waals surface area contributed by atoms with Gasteiger partial charge in [0.2, 0.25) is 0 Å². The summed E-state index contributed by atoms with van der Waals surface area (Å²) in [5, 5.41) is 9.00. The van der Waals surface area contributed by atoms with Crippen LogP contribution < -0.4 is 0 Å². The van der Waals surface area contributed by atoms with E-state index in [0.29, 0.717) is 29.4 Å². The molecule has 0 aliphatic heterocycles. The van der Waals surface area contributed by atoms with Crippen LogP contribution in [0.1, 0.15) is 31.7 Å². The first-order valence-electron chi connectivity index (χ1n) is 7.24. The molecule has 22 heavy (non-hydrogen) atoms. The van der Waals surface area contributed by atoms with E-state index in [4.69, 9.17) is 5.26 Å². The molecule has 0 bridgehead atoms. The van der Waals surface area contributed by atoms with Gasteiger partial charge < -0.3 is 4.57 Å². The fourth-order valence-electron chi connectivity index (χ4n) is 3.20. The number of hydrogen-bond acceptors (Lipinski definition) is 2. The number of imidazole rings is 1. The van der Waals surface area contributed by atoms with Crippen molar-refractivity contribution in [3.8, 4) is 6.07 Å². The quantitative estimate of drug-likeness (QED) is 0.776. The van der Waals surface area contributed by atoms with Gasteiger partial charge in [-0.05, 0) is 31.0 Å². The van der Waals surface area contributed by atoms with Crippen LogP contribution in [0.15, 0.2) is 36.7 Å². The van der Waals surface area contributed by atoms with Gasteiger partial charge in [-0.1, -0.05) is 19.1 Å². The lowest BCUT2D eigenvalue weighted by molar-refractivity contribution is -0.137. The number of allylic oxidation sites excluding steroid dienone is 1. The van der Waals surface area contributed by atoms with E-state index in [1.165, 1.54) is 0 Å². The average Bonchev–Trinajstić information content (AvgIpc) is 2.86. The molecule has 5 heteroatoms. The number of aromatic nitrogens is 2. The molecule has 0 radical (unpaired) electrons. The number of fused-ring (bicyclic) bond motifs is 1. The Morgan fingerprint density at radius 3 is 2.95 bits per heavy atom. The summed E-state index contributed by atoms with van der Waals surface area (Å²) in [4.78, 5) is 4.24. The molecule has 3 nitrogen and oxygen atoms in total. The van der Waals surface area contributed by atoms with Gasteiger partial charge >= 0.3 is 0 Å². The first-order valence-corrected chi connectivity index (χ1v) is 7.24. The van der Waals surface area contributed by atoms with Crippen molar-refractivity contribution < 1.29 is 8.78 Å². The molecule has 1 heterocycles. The Balaban J connectivity index is 2.01. The average molecular weight is 301 g/mol. The van der Waals surface area contributed by atoms with E-state index in [2.05, 4.69) is 17.6 Å². The van der Waals surface area contributed by atoms with E-state index in [-0.39, 0.29) is 13.0 Å². The van der Waals surface area contributed by atoms with Gasteiger partial charge in [0.1, 0.15) is 0 Å².